The minimum Gasteiger partial charge on any atom is -0.495 e. The van der Waals surface area contributed by atoms with Gasteiger partial charge in [-0.3, -0.25) is 14.9 Å². The quantitative estimate of drug-likeness (QED) is 0.493. The van der Waals surface area contributed by atoms with E-state index in [4.69, 9.17) is 16.3 Å². The summed E-state index contributed by atoms with van der Waals surface area (Å²) in [4.78, 5) is 22.4. The van der Waals surface area contributed by atoms with E-state index in [9.17, 15) is 14.9 Å². The molecule has 0 saturated heterocycles. The molecule has 23 heavy (non-hydrogen) atoms. The van der Waals surface area contributed by atoms with Crippen molar-refractivity contribution in [1.82, 2.24) is 0 Å². The van der Waals surface area contributed by atoms with E-state index in [1.165, 1.54) is 19.2 Å². The first-order valence-corrected chi connectivity index (χ1v) is 7.16. The fourth-order valence-electron chi connectivity index (χ4n) is 2.08. The van der Waals surface area contributed by atoms with Gasteiger partial charge in [-0.05, 0) is 36.8 Å². The second kappa shape index (κ2) is 7.11. The molecule has 120 valence electrons. The number of rotatable bonds is 6. The highest BCUT2D eigenvalue weighted by Crippen LogP contribution is 2.25. The highest BCUT2D eigenvalue weighted by atomic mass is 35.5. The third kappa shape index (κ3) is 3.98. The van der Waals surface area contributed by atoms with Crippen molar-refractivity contribution in [3.63, 3.8) is 0 Å². The molecule has 0 atom stereocenters. The number of ketones is 1. The third-order valence-electron chi connectivity index (χ3n) is 3.33. The molecule has 0 unspecified atom stereocenters. The molecule has 2 aromatic rings. The number of nitro groups is 1. The SMILES string of the molecule is COc1ccc(C(=O)CNc2ccc([N+](=O)[O-])cc2C)cc1Cl. The first-order valence-electron chi connectivity index (χ1n) is 6.78. The van der Waals surface area contributed by atoms with Crippen LogP contribution < -0.4 is 10.1 Å². The maximum atomic E-state index is 12.2. The lowest BCUT2D eigenvalue weighted by atomic mass is 10.1. The van der Waals surface area contributed by atoms with Crippen LogP contribution in [-0.2, 0) is 0 Å². The predicted molar refractivity (Wildman–Crippen MR) is 88.7 cm³/mol. The summed E-state index contributed by atoms with van der Waals surface area (Å²) >= 11 is 6.00. The molecule has 2 aromatic carbocycles. The van der Waals surface area contributed by atoms with Gasteiger partial charge < -0.3 is 10.1 Å². The van der Waals surface area contributed by atoms with Crippen LogP contribution >= 0.6 is 11.6 Å². The molecule has 0 radical (unpaired) electrons. The minimum absolute atomic E-state index is 0.0151. The minimum atomic E-state index is -0.457. The van der Waals surface area contributed by atoms with E-state index in [-0.39, 0.29) is 18.0 Å². The van der Waals surface area contributed by atoms with Crippen molar-refractivity contribution in [3.8, 4) is 5.75 Å². The van der Waals surface area contributed by atoms with Gasteiger partial charge in [0.1, 0.15) is 5.75 Å². The van der Waals surface area contributed by atoms with E-state index in [0.717, 1.165) is 0 Å². The molecule has 0 aliphatic heterocycles. The predicted octanol–water partition coefficient (Wildman–Crippen LogP) is 3.86. The molecule has 6 nitrogen and oxygen atoms in total. The first kappa shape index (κ1) is 16.8. The van der Waals surface area contributed by atoms with Crippen LogP contribution in [0.25, 0.3) is 0 Å². The number of nitro benzene ring substituents is 1. The largest absolute Gasteiger partial charge is 0.495 e. The molecule has 0 fully saturated rings. The van der Waals surface area contributed by atoms with Crippen molar-refractivity contribution in [3.05, 3.63) is 62.7 Å². The summed E-state index contributed by atoms with van der Waals surface area (Å²) < 4.78 is 5.04. The Balaban J connectivity index is 2.07. The topological polar surface area (TPSA) is 81.5 Å². The number of Topliss-reactive ketones (excluding diaryl/α,β-unsaturated/α-hetero) is 1. The van der Waals surface area contributed by atoms with Gasteiger partial charge in [0.15, 0.2) is 5.78 Å². The van der Waals surface area contributed by atoms with Crippen LogP contribution in [0.1, 0.15) is 15.9 Å². The second-order valence-corrected chi connectivity index (χ2v) is 5.29. The van der Waals surface area contributed by atoms with E-state index >= 15 is 0 Å². The fraction of sp³-hybridized carbons (Fsp3) is 0.188. The fourth-order valence-corrected chi connectivity index (χ4v) is 2.33. The molecule has 7 heteroatoms. The lowest BCUT2D eigenvalue weighted by molar-refractivity contribution is -0.384. The number of nitrogens with one attached hydrogen (secondary N) is 1. The number of anilines is 1. The number of aryl methyl sites for hydroxylation is 1. The second-order valence-electron chi connectivity index (χ2n) is 4.88. The van der Waals surface area contributed by atoms with Crippen LogP contribution in [0, 0.1) is 17.0 Å². The molecule has 1 N–H and O–H groups in total. The van der Waals surface area contributed by atoms with Gasteiger partial charge in [-0.25, -0.2) is 0 Å². The number of ether oxygens (including phenoxy) is 1. The summed E-state index contributed by atoms with van der Waals surface area (Å²) in [5.41, 5.74) is 1.84. The maximum Gasteiger partial charge on any atom is 0.269 e. The number of benzene rings is 2. The lowest BCUT2D eigenvalue weighted by Gasteiger charge is -2.10. The van der Waals surface area contributed by atoms with E-state index in [2.05, 4.69) is 5.32 Å². The van der Waals surface area contributed by atoms with E-state index in [0.29, 0.717) is 27.6 Å². The van der Waals surface area contributed by atoms with Gasteiger partial charge in [0, 0.05) is 23.4 Å². The van der Waals surface area contributed by atoms with Gasteiger partial charge in [-0.15, -0.1) is 0 Å². The number of methoxy groups -OCH3 is 1. The van der Waals surface area contributed by atoms with Gasteiger partial charge in [0.05, 0.1) is 23.6 Å². The number of nitrogens with zero attached hydrogens (tertiary/aromatic N) is 1. The highest BCUT2D eigenvalue weighted by molar-refractivity contribution is 6.32. The summed E-state index contributed by atoms with van der Waals surface area (Å²) in [6.45, 7) is 1.80. The summed E-state index contributed by atoms with van der Waals surface area (Å²) in [5.74, 6) is 0.356. The van der Waals surface area contributed by atoms with Crippen molar-refractivity contribution in [2.45, 2.75) is 6.92 Å². The van der Waals surface area contributed by atoms with E-state index in [1.54, 1.807) is 31.2 Å². The molecule has 0 spiro atoms. The van der Waals surface area contributed by atoms with Crippen LogP contribution in [0.2, 0.25) is 5.02 Å². The summed E-state index contributed by atoms with van der Waals surface area (Å²) in [6, 6.07) is 9.25. The molecule has 0 bridgehead atoms. The average molecular weight is 335 g/mol. The van der Waals surface area contributed by atoms with Gasteiger partial charge in [-0.1, -0.05) is 11.6 Å². The van der Waals surface area contributed by atoms with Gasteiger partial charge in [-0.2, -0.15) is 0 Å². The number of halogens is 1. The number of carbonyl (C=O) groups is 1. The summed E-state index contributed by atoms with van der Waals surface area (Å²) in [6.07, 6.45) is 0. The molecule has 0 heterocycles. The summed E-state index contributed by atoms with van der Waals surface area (Å²) in [7, 11) is 1.50. The lowest BCUT2D eigenvalue weighted by Crippen LogP contribution is -2.14. The Morgan fingerprint density at radius 2 is 2.04 bits per heavy atom. The Hall–Kier alpha value is -2.60. The van der Waals surface area contributed by atoms with Crippen LogP contribution in [0.5, 0.6) is 5.75 Å². The van der Waals surface area contributed by atoms with Crippen molar-refractivity contribution in [1.29, 1.82) is 0 Å². The molecule has 0 aromatic heterocycles. The van der Waals surface area contributed by atoms with Crippen molar-refractivity contribution in [2.75, 3.05) is 19.0 Å². The molecule has 2 rings (SSSR count). The highest BCUT2D eigenvalue weighted by Gasteiger charge is 2.11. The van der Waals surface area contributed by atoms with Crippen LogP contribution in [0.3, 0.4) is 0 Å². The number of hydrogen-bond acceptors (Lipinski definition) is 5. The monoisotopic (exact) mass is 334 g/mol. The van der Waals surface area contributed by atoms with E-state index < -0.39 is 4.92 Å². The zero-order valence-corrected chi connectivity index (χ0v) is 13.4. The maximum absolute atomic E-state index is 12.2. The van der Waals surface area contributed by atoms with Crippen LogP contribution in [0.15, 0.2) is 36.4 Å². The number of non-ortho nitro benzene ring substituents is 1. The van der Waals surface area contributed by atoms with E-state index in [1.807, 2.05) is 0 Å². The van der Waals surface area contributed by atoms with Crippen LogP contribution in [-0.4, -0.2) is 24.4 Å². The molecule has 0 amide bonds. The van der Waals surface area contributed by atoms with Gasteiger partial charge in [0.25, 0.3) is 5.69 Å². The Labute approximate surface area is 138 Å². The Bertz CT molecular complexity index is 762. The Kier molecular flexibility index (Phi) is 5.18. The summed E-state index contributed by atoms with van der Waals surface area (Å²) in [5, 5.41) is 14.1. The number of hydrogen-bond donors (Lipinski definition) is 1. The van der Waals surface area contributed by atoms with Crippen LogP contribution in [0.4, 0.5) is 11.4 Å². The van der Waals surface area contributed by atoms with Gasteiger partial charge in [0.2, 0.25) is 0 Å². The van der Waals surface area contributed by atoms with Gasteiger partial charge >= 0.3 is 0 Å². The zero-order chi connectivity index (χ0) is 17.0. The molecule has 0 aliphatic rings. The number of carbonyl (C=O) groups excluding carboxylic acids is 1. The van der Waals surface area contributed by atoms with Crippen molar-refractivity contribution >= 4 is 28.8 Å². The average Bonchev–Trinajstić information content (AvgIpc) is 2.53. The van der Waals surface area contributed by atoms with Crippen molar-refractivity contribution < 1.29 is 14.5 Å². The molecular weight excluding hydrogens is 320 g/mol. The molecule has 0 aliphatic carbocycles. The smallest absolute Gasteiger partial charge is 0.269 e. The third-order valence-corrected chi connectivity index (χ3v) is 3.63. The first-order chi connectivity index (χ1) is 10.9. The Morgan fingerprint density at radius 3 is 2.61 bits per heavy atom. The Morgan fingerprint density at radius 1 is 1.30 bits per heavy atom. The standard InChI is InChI=1S/C16H15ClN2O4/c1-10-7-12(19(21)22)4-5-14(10)18-9-15(20)11-3-6-16(23-2)13(17)8-11/h3-8,18H,9H2,1-2H3. The zero-order valence-electron chi connectivity index (χ0n) is 12.6. The molecular formula is C16H15ClN2O4. The van der Waals surface area contributed by atoms with Crippen molar-refractivity contribution in [2.24, 2.45) is 0 Å². The normalized spacial score (nSPS) is 10.2. The molecule has 0 saturated carbocycles.